The first-order valence-electron chi connectivity index (χ1n) is 8.03. The quantitative estimate of drug-likeness (QED) is 0.649. The Morgan fingerprint density at radius 2 is 1.63 bits per heavy atom. The minimum Gasteiger partial charge on any atom is -0.335 e. The highest BCUT2D eigenvalue weighted by atomic mass is 19.1. The Morgan fingerprint density at radius 3 is 2.26 bits per heavy atom. The molecule has 1 aromatic heterocycles. The molecule has 2 N–H and O–H groups in total. The van der Waals surface area contributed by atoms with Gasteiger partial charge in [0.25, 0.3) is 5.91 Å². The van der Waals surface area contributed by atoms with Crippen LogP contribution in [0.3, 0.4) is 0 Å². The smallest absolute Gasteiger partial charge is 0.257 e. The number of aromatic nitrogens is 1. The van der Waals surface area contributed by atoms with Gasteiger partial charge in [0.15, 0.2) is 5.78 Å². The minimum absolute atomic E-state index is 0.108. The summed E-state index contributed by atoms with van der Waals surface area (Å²) < 4.78 is 27.3. The maximum absolute atomic E-state index is 13.7. The molecule has 0 bridgehead atoms. The molecule has 0 saturated heterocycles. The fraction of sp³-hybridized carbons (Fsp3) is 0.0500. The van der Waals surface area contributed by atoms with E-state index in [4.69, 9.17) is 0 Å². The first-order valence-corrected chi connectivity index (χ1v) is 8.03. The van der Waals surface area contributed by atoms with Gasteiger partial charge >= 0.3 is 0 Å². The Morgan fingerprint density at radius 1 is 0.926 bits per heavy atom. The Kier molecular flexibility index (Phi) is 5.21. The van der Waals surface area contributed by atoms with E-state index >= 15 is 0 Å². The maximum Gasteiger partial charge on any atom is 0.257 e. The molecule has 0 aliphatic carbocycles. The lowest BCUT2D eigenvalue weighted by Gasteiger charge is -2.09. The third-order valence-corrected chi connectivity index (χ3v) is 3.77. The number of anilines is 3. The number of ketones is 1. The molecule has 136 valence electrons. The molecular formula is C20H15F2N3O2. The molecule has 0 aliphatic heterocycles. The van der Waals surface area contributed by atoms with Crippen molar-refractivity contribution >= 4 is 28.9 Å². The summed E-state index contributed by atoms with van der Waals surface area (Å²) in [4.78, 5) is 27.7. The van der Waals surface area contributed by atoms with Crippen molar-refractivity contribution in [3.8, 4) is 0 Å². The van der Waals surface area contributed by atoms with Gasteiger partial charge in [-0.15, -0.1) is 0 Å². The Balaban J connectivity index is 1.72. The Labute approximate surface area is 154 Å². The molecule has 0 atom stereocenters. The van der Waals surface area contributed by atoms with Crippen LogP contribution in [-0.2, 0) is 0 Å². The van der Waals surface area contributed by atoms with Crippen LogP contribution in [0, 0.1) is 11.6 Å². The topological polar surface area (TPSA) is 71.1 Å². The number of hydrogen-bond acceptors (Lipinski definition) is 4. The van der Waals surface area contributed by atoms with Gasteiger partial charge in [0, 0.05) is 17.4 Å². The number of nitrogens with zero attached hydrogens (tertiary/aromatic N) is 1. The summed E-state index contributed by atoms with van der Waals surface area (Å²) in [6.07, 6.45) is 1.28. The SMILES string of the molecule is CC(=O)c1cccc(NC(=O)c2ccc(Nc3c(F)cccc3F)nc2)c1. The van der Waals surface area contributed by atoms with Crippen molar-refractivity contribution in [1.29, 1.82) is 0 Å². The number of halogens is 2. The molecular weight excluding hydrogens is 352 g/mol. The van der Waals surface area contributed by atoms with E-state index in [2.05, 4.69) is 15.6 Å². The summed E-state index contributed by atoms with van der Waals surface area (Å²) in [7, 11) is 0. The van der Waals surface area contributed by atoms with E-state index in [1.165, 1.54) is 31.3 Å². The van der Waals surface area contributed by atoms with Gasteiger partial charge in [-0.3, -0.25) is 9.59 Å². The molecule has 0 fully saturated rings. The van der Waals surface area contributed by atoms with Gasteiger partial charge in [0.05, 0.1) is 5.56 Å². The molecule has 0 aliphatic rings. The molecule has 7 heteroatoms. The highest BCUT2D eigenvalue weighted by Gasteiger charge is 2.11. The predicted molar refractivity (Wildman–Crippen MR) is 98.3 cm³/mol. The number of carbonyl (C=O) groups is 2. The number of hydrogen-bond donors (Lipinski definition) is 2. The third kappa shape index (κ3) is 4.33. The van der Waals surface area contributed by atoms with Crippen molar-refractivity contribution in [2.75, 3.05) is 10.6 Å². The number of Topliss-reactive ketones (excluding diaryl/α,β-unsaturated/α-hetero) is 1. The fourth-order valence-corrected chi connectivity index (χ4v) is 2.37. The van der Waals surface area contributed by atoms with Gasteiger partial charge in [-0.2, -0.15) is 0 Å². The Hall–Kier alpha value is -3.61. The lowest BCUT2D eigenvalue weighted by atomic mass is 10.1. The van der Waals surface area contributed by atoms with Crippen LogP contribution in [0.5, 0.6) is 0 Å². The van der Waals surface area contributed by atoms with Crippen LogP contribution >= 0.6 is 0 Å². The summed E-state index contributed by atoms with van der Waals surface area (Å²) in [6.45, 7) is 1.44. The maximum atomic E-state index is 13.7. The molecule has 5 nitrogen and oxygen atoms in total. The van der Waals surface area contributed by atoms with Crippen LogP contribution in [0.4, 0.5) is 26.0 Å². The molecule has 2 aromatic carbocycles. The summed E-state index contributed by atoms with van der Waals surface area (Å²) in [5.74, 6) is -1.84. The zero-order valence-electron chi connectivity index (χ0n) is 14.3. The first-order chi connectivity index (χ1) is 12.9. The van der Waals surface area contributed by atoms with Crippen molar-refractivity contribution < 1.29 is 18.4 Å². The average Bonchev–Trinajstić information content (AvgIpc) is 2.65. The average molecular weight is 367 g/mol. The second-order valence-electron chi connectivity index (χ2n) is 5.74. The molecule has 1 amide bonds. The van der Waals surface area contributed by atoms with Crippen molar-refractivity contribution in [1.82, 2.24) is 4.98 Å². The van der Waals surface area contributed by atoms with Crippen LogP contribution in [-0.4, -0.2) is 16.7 Å². The van der Waals surface area contributed by atoms with Gasteiger partial charge in [0.1, 0.15) is 23.1 Å². The van der Waals surface area contributed by atoms with Crippen LogP contribution in [0.2, 0.25) is 0 Å². The molecule has 3 rings (SSSR count). The van der Waals surface area contributed by atoms with Crippen molar-refractivity contribution in [3.05, 3.63) is 83.6 Å². The molecule has 1 heterocycles. The molecule has 0 saturated carbocycles. The van der Waals surface area contributed by atoms with Gasteiger partial charge in [-0.1, -0.05) is 18.2 Å². The number of benzene rings is 2. The number of nitrogens with one attached hydrogen (secondary N) is 2. The van der Waals surface area contributed by atoms with Gasteiger partial charge < -0.3 is 10.6 Å². The lowest BCUT2D eigenvalue weighted by Crippen LogP contribution is -2.12. The zero-order valence-corrected chi connectivity index (χ0v) is 14.3. The number of amides is 1. The minimum atomic E-state index is -0.746. The van der Waals surface area contributed by atoms with E-state index in [1.807, 2.05) is 0 Å². The zero-order chi connectivity index (χ0) is 19.4. The van der Waals surface area contributed by atoms with E-state index in [0.717, 1.165) is 12.1 Å². The highest BCUT2D eigenvalue weighted by Crippen LogP contribution is 2.22. The van der Waals surface area contributed by atoms with Crippen molar-refractivity contribution in [2.24, 2.45) is 0 Å². The van der Waals surface area contributed by atoms with E-state index in [9.17, 15) is 18.4 Å². The van der Waals surface area contributed by atoms with Crippen molar-refractivity contribution in [3.63, 3.8) is 0 Å². The number of carbonyl (C=O) groups excluding carboxylic acids is 2. The molecule has 3 aromatic rings. The highest BCUT2D eigenvalue weighted by molar-refractivity contribution is 6.05. The second-order valence-corrected chi connectivity index (χ2v) is 5.74. The number of para-hydroxylation sites is 1. The number of pyridine rings is 1. The molecule has 0 spiro atoms. The van der Waals surface area contributed by atoms with E-state index in [-0.39, 0.29) is 22.9 Å². The van der Waals surface area contributed by atoms with Crippen molar-refractivity contribution in [2.45, 2.75) is 6.92 Å². The molecule has 0 radical (unpaired) electrons. The Bertz CT molecular complexity index is 984. The second kappa shape index (κ2) is 7.74. The largest absolute Gasteiger partial charge is 0.335 e. The molecule has 27 heavy (non-hydrogen) atoms. The van der Waals surface area contributed by atoms with Crippen LogP contribution < -0.4 is 10.6 Å². The summed E-state index contributed by atoms with van der Waals surface area (Å²) in [5, 5.41) is 5.22. The van der Waals surface area contributed by atoms with E-state index in [0.29, 0.717) is 11.3 Å². The third-order valence-electron chi connectivity index (χ3n) is 3.77. The van der Waals surface area contributed by atoms with Crippen LogP contribution in [0.1, 0.15) is 27.6 Å². The number of rotatable bonds is 5. The van der Waals surface area contributed by atoms with Crippen LogP contribution in [0.15, 0.2) is 60.8 Å². The fourth-order valence-electron chi connectivity index (χ4n) is 2.37. The summed E-state index contributed by atoms with van der Waals surface area (Å²) in [6, 6.07) is 13.0. The molecule has 0 unspecified atom stereocenters. The summed E-state index contributed by atoms with van der Waals surface area (Å²) >= 11 is 0. The van der Waals surface area contributed by atoms with Crippen LogP contribution in [0.25, 0.3) is 0 Å². The lowest BCUT2D eigenvalue weighted by molar-refractivity contribution is 0.101. The normalized spacial score (nSPS) is 10.3. The van der Waals surface area contributed by atoms with E-state index < -0.39 is 17.5 Å². The first kappa shape index (κ1) is 18.2. The predicted octanol–water partition coefficient (Wildman–Crippen LogP) is 4.56. The standard InChI is InChI=1S/C20H15F2N3O2/c1-12(26)13-4-2-5-15(10-13)24-20(27)14-8-9-18(23-11-14)25-19-16(21)6-3-7-17(19)22/h2-11H,1H3,(H,23,25)(H,24,27). The van der Waals surface area contributed by atoms with E-state index in [1.54, 1.807) is 24.3 Å². The van der Waals surface area contributed by atoms with Gasteiger partial charge in [-0.25, -0.2) is 13.8 Å². The van der Waals surface area contributed by atoms with Gasteiger partial charge in [-0.05, 0) is 43.3 Å². The summed E-state index contributed by atoms with van der Waals surface area (Å²) in [5.41, 5.74) is 0.895. The monoisotopic (exact) mass is 367 g/mol. The van der Waals surface area contributed by atoms with Gasteiger partial charge in [0.2, 0.25) is 0 Å².